The first-order chi connectivity index (χ1) is 22.7. The molecule has 0 unspecified atom stereocenters. The van der Waals surface area contributed by atoms with Gasteiger partial charge in [0.05, 0.1) is 22.1 Å². The molecule has 8 rings (SSSR count). The van der Waals surface area contributed by atoms with Crippen molar-refractivity contribution < 1.29 is 0 Å². The van der Waals surface area contributed by atoms with E-state index in [-0.39, 0.29) is 0 Å². The van der Waals surface area contributed by atoms with Gasteiger partial charge in [0.2, 0.25) is 0 Å². The average Bonchev–Trinajstić information content (AvgIpc) is 3.70. The molecule has 46 heavy (non-hydrogen) atoms. The van der Waals surface area contributed by atoms with Crippen molar-refractivity contribution in [1.82, 2.24) is 19.1 Å². The Morgan fingerprint density at radius 3 is 1.35 bits per heavy atom. The maximum absolute atomic E-state index is 4.91. The molecule has 0 amide bonds. The van der Waals surface area contributed by atoms with Gasteiger partial charge in [0.25, 0.3) is 0 Å². The molecule has 0 bridgehead atoms. The molecule has 0 aliphatic carbocycles. The molecule has 4 heteroatoms. The van der Waals surface area contributed by atoms with Gasteiger partial charge in [-0.1, -0.05) is 111 Å². The van der Waals surface area contributed by atoms with Gasteiger partial charge in [0, 0.05) is 24.2 Å². The predicted octanol–water partition coefficient (Wildman–Crippen LogP) is 10.5. The maximum Gasteiger partial charge on any atom is 0.114 e. The van der Waals surface area contributed by atoms with E-state index in [1.807, 2.05) is 0 Å². The summed E-state index contributed by atoms with van der Waals surface area (Å²) in [6, 6.07) is 52.0. The van der Waals surface area contributed by atoms with Gasteiger partial charge < -0.3 is 0 Å². The average molecular weight is 595 g/mol. The zero-order valence-electron chi connectivity index (χ0n) is 26.1. The monoisotopic (exact) mass is 594 g/mol. The van der Waals surface area contributed by atoms with E-state index in [9.17, 15) is 0 Å². The molecule has 0 fully saturated rings. The van der Waals surface area contributed by atoms with Crippen LogP contribution in [0.1, 0.15) is 25.5 Å². The van der Waals surface area contributed by atoms with Crippen LogP contribution in [-0.2, 0) is 12.8 Å². The molecule has 0 saturated carbocycles. The van der Waals surface area contributed by atoms with Crippen molar-refractivity contribution in [2.75, 3.05) is 0 Å². The number of benzene rings is 6. The normalized spacial score (nSPS) is 11.4. The molecule has 2 aromatic heterocycles. The van der Waals surface area contributed by atoms with Crippen molar-refractivity contribution >= 4 is 22.1 Å². The second-order valence-corrected chi connectivity index (χ2v) is 11.6. The summed E-state index contributed by atoms with van der Waals surface area (Å²) in [5.41, 5.74) is 13.8. The number of hydrogen-bond donors (Lipinski definition) is 0. The van der Waals surface area contributed by atoms with E-state index in [0.717, 1.165) is 57.9 Å². The molecule has 0 N–H and O–H groups in total. The van der Waals surface area contributed by atoms with Gasteiger partial charge >= 0.3 is 0 Å². The number of fused-ring (bicyclic) bond motifs is 2. The standard InChI is InChI=1S/C42H34N4/c1-3-40-43-36-17-8-10-19-38(36)45(40)32-25-21-30(22-26-32)35-16-12-15-34(29-13-6-5-7-14-29)42(35)31-23-27-33(28-24-31)46-39-20-11-9-18-37(39)44-41(46)4-2/h5-28H,3-4H2,1-2H3. The number of para-hydroxylation sites is 4. The van der Waals surface area contributed by atoms with Gasteiger partial charge in [-0.2, -0.15) is 0 Å². The van der Waals surface area contributed by atoms with Gasteiger partial charge in [-0.25, -0.2) is 9.97 Å². The largest absolute Gasteiger partial charge is 0.296 e. The third-order valence-electron chi connectivity index (χ3n) is 8.89. The van der Waals surface area contributed by atoms with Crippen LogP contribution in [0.3, 0.4) is 0 Å². The number of rotatable bonds is 7. The van der Waals surface area contributed by atoms with Crippen LogP contribution in [0, 0.1) is 0 Å². The summed E-state index contributed by atoms with van der Waals surface area (Å²) in [6.07, 6.45) is 1.73. The highest BCUT2D eigenvalue weighted by Gasteiger charge is 2.17. The topological polar surface area (TPSA) is 35.6 Å². The minimum Gasteiger partial charge on any atom is -0.296 e. The van der Waals surface area contributed by atoms with Crippen molar-refractivity contribution in [3.05, 3.63) is 157 Å². The molecule has 0 aliphatic heterocycles. The summed E-state index contributed by atoms with van der Waals surface area (Å²) in [7, 11) is 0. The molecule has 6 aromatic carbocycles. The first-order valence-corrected chi connectivity index (χ1v) is 16.1. The van der Waals surface area contributed by atoms with Crippen molar-refractivity contribution in [3.8, 4) is 44.8 Å². The Bertz CT molecular complexity index is 2310. The van der Waals surface area contributed by atoms with Crippen molar-refractivity contribution in [2.24, 2.45) is 0 Å². The molecular formula is C42H34N4. The summed E-state index contributed by atoms with van der Waals surface area (Å²) in [4.78, 5) is 9.80. The zero-order valence-corrected chi connectivity index (χ0v) is 26.1. The smallest absolute Gasteiger partial charge is 0.114 e. The van der Waals surface area contributed by atoms with Gasteiger partial charge in [-0.3, -0.25) is 9.13 Å². The zero-order chi connectivity index (χ0) is 31.0. The van der Waals surface area contributed by atoms with E-state index in [0.29, 0.717) is 0 Å². The molecule has 0 saturated heterocycles. The number of hydrogen-bond acceptors (Lipinski definition) is 2. The number of aromatic nitrogens is 4. The van der Waals surface area contributed by atoms with E-state index in [2.05, 4.69) is 169 Å². The summed E-state index contributed by atoms with van der Waals surface area (Å²) in [6.45, 7) is 4.33. The number of imidazole rings is 2. The lowest BCUT2D eigenvalue weighted by atomic mass is 9.87. The fraction of sp³-hybridized carbons (Fsp3) is 0.0952. The minimum atomic E-state index is 0.863. The second kappa shape index (κ2) is 11.6. The van der Waals surface area contributed by atoms with Gasteiger partial charge in [-0.15, -0.1) is 0 Å². The first kappa shape index (κ1) is 27.8. The lowest BCUT2D eigenvalue weighted by Gasteiger charge is -2.18. The van der Waals surface area contributed by atoms with Crippen LogP contribution in [0.5, 0.6) is 0 Å². The Morgan fingerprint density at radius 2 is 0.848 bits per heavy atom. The van der Waals surface area contributed by atoms with E-state index in [1.54, 1.807) is 0 Å². The van der Waals surface area contributed by atoms with Crippen LogP contribution in [0.15, 0.2) is 146 Å². The van der Waals surface area contributed by atoms with Crippen molar-refractivity contribution in [2.45, 2.75) is 26.7 Å². The van der Waals surface area contributed by atoms with Crippen LogP contribution in [0.4, 0.5) is 0 Å². The molecule has 4 nitrogen and oxygen atoms in total. The molecule has 0 aliphatic rings. The Labute approximate surface area is 269 Å². The molecular weight excluding hydrogens is 560 g/mol. The van der Waals surface area contributed by atoms with E-state index in [4.69, 9.17) is 9.97 Å². The molecule has 0 radical (unpaired) electrons. The molecule has 0 atom stereocenters. The Balaban J connectivity index is 1.26. The van der Waals surface area contributed by atoms with Gasteiger partial charge in [0.15, 0.2) is 0 Å². The fourth-order valence-corrected chi connectivity index (χ4v) is 6.73. The molecule has 0 spiro atoms. The fourth-order valence-electron chi connectivity index (χ4n) is 6.73. The highest BCUT2D eigenvalue weighted by molar-refractivity contribution is 5.95. The Kier molecular flexibility index (Phi) is 7.03. The summed E-state index contributed by atoms with van der Waals surface area (Å²) in [5, 5.41) is 0. The SMILES string of the molecule is CCc1nc2ccccc2n1-c1ccc(-c2cccc(-c3ccccc3)c2-c2ccc(-n3c(CC)nc4ccccc43)cc2)cc1. The predicted molar refractivity (Wildman–Crippen MR) is 191 cm³/mol. The Hall–Kier alpha value is -5.74. The van der Waals surface area contributed by atoms with Gasteiger partial charge in [-0.05, 0) is 81.9 Å². The molecule has 222 valence electrons. The van der Waals surface area contributed by atoms with E-state index >= 15 is 0 Å². The molecule has 2 heterocycles. The first-order valence-electron chi connectivity index (χ1n) is 16.1. The van der Waals surface area contributed by atoms with Gasteiger partial charge in [0.1, 0.15) is 11.6 Å². The van der Waals surface area contributed by atoms with Crippen LogP contribution < -0.4 is 0 Å². The van der Waals surface area contributed by atoms with E-state index in [1.165, 1.54) is 33.4 Å². The number of aryl methyl sites for hydroxylation is 2. The number of nitrogens with zero attached hydrogens (tertiary/aromatic N) is 4. The lowest BCUT2D eigenvalue weighted by Crippen LogP contribution is -2.00. The summed E-state index contributed by atoms with van der Waals surface area (Å²) >= 11 is 0. The van der Waals surface area contributed by atoms with Crippen molar-refractivity contribution in [1.29, 1.82) is 0 Å². The summed E-state index contributed by atoms with van der Waals surface area (Å²) in [5.74, 6) is 2.13. The van der Waals surface area contributed by atoms with Crippen LogP contribution in [0.25, 0.3) is 66.8 Å². The highest BCUT2D eigenvalue weighted by Crippen LogP contribution is 2.41. The lowest BCUT2D eigenvalue weighted by molar-refractivity contribution is 0.908. The van der Waals surface area contributed by atoms with E-state index < -0.39 is 0 Å². The van der Waals surface area contributed by atoms with Crippen molar-refractivity contribution in [3.63, 3.8) is 0 Å². The maximum atomic E-state index is 4.91. The second-order valence-electron chi connectivity index (χ2n) is 11.6. The summed E-state index contributed by atoms with van der Waals surface area (Å²) < 4.78 is 4.57. The highest BCUT2D eigenvalue weighted by atomic mass is 15.1. The third kappa shape index (κ3) is 4.70. The quantitative estimate of drug-likeness (QED) is 0.184. The Morgan fingerprint density at radius 1 is 0.413 bits per heavy atom. The molecule has 8 aromatic rings. The van der Waals surface area contributed by atoms with Crippen LogP contribution >= 0.6 is 0 Å². The third-order valence-corrected chi connectivity index (χ3v) is 8.89. The minimum absolute atomic E-state index is 0.863. The van der Waals surface area contributed by atoms with Crippen LogP contribution in [-0.4, -0.2) is 19.1 Å². The van der Waals surface area contributed by atoms with Crippen LogP contribution in [0.2, 0.25) is 0 Å².